The molecule has 54 heavy (non-hydrogen) atoms. The Morgan fingerprint density at radius 2 is 1.04 bits per heavy atom. The zero-order chi connectivity index (χ0) is 36.9. The van der Waals surface area contributed by atoms with Gasteiger partial charge >= 0.3 is 0 Å². The molecule has 5 aromatic rings. The van der Waals surface area contributed by atoms with E-state index in [2.05, 4.69) is 25.1 Å². The highest BCUT2D eigenvalue weighted by molar-refractivity contribution is 6.34. The number of benzene rings is 5. The van der Waals surface area contributed by atoms with Gasteiger partial charge in [0.25, 0.3) is 23.6 Å². The van der Waals surface area contributed by atoms with Gasteiger partial charge in [-0.2, -0.15) is 0 Å². The minimum atomic E-state index is -0.429. The third-order valence-electron chi connectivity index (χ3n) is 12.4. The van der Waals surface area contributed by atoms with Crippen molar-refractivity contribution in [3.8, 4) is 34.1 Å². The Morgan fingerprint density at radius 3 is 1.67 bits per heavy atom. The molecule has 2 aliphatic heterocycles. The molecule has 4 saturated carbocycles. The van der Waals surface area contributed by atoms with E-state index in [0.29, 0.717) is 39.3 Å². The molecule has 4 amide bonds. The van der Waals surface area contributed by atoms with Gasteiger partial charge in [-0.1, -0.05) is 29.8 Å². The molecular formula is C46H38N2O6. The Bertz CT molecular complexity index is 2400. The third kappa shape index (κ3) is 5.18. The van der Waals surface area contributed by atoms with Gasteiger partial charge in [0.05, 0.1) is 27.9 Å². The number of hydrogen-bond donors (Lipinski definition) is 0. The van der Waals surface area contributed by atoms with Crippen molar-refractivity contribution in [1.29, 1.82) is 0 Å². The van der Waals surface area contributed by atoms with Crippen molar-refractivity contribution in [1.82, 2.24) is 4.90 Å². The first-order valence-electron chi connectivity index (χ1n) is 18.8. The molecule has 268 valence electrons. The smallest absolute Gasteiger partial charge is 0.266 e. The largest absolute Gasteiger partial charge is 0.457 e. The number of carbonyl (C=O) groups excluding carboxylic acids is 4. The quantitative estimate of drug-likeness (QED) is 0.156. The standard InChI is InChI=1S/C46H38N2O6/c1-26-3-9-34(10-4-26)54-41-16-13-35(22-40(41)46-23-27-17-28(24-46)19-29(18-27)25-46)53-33-11-7-32(8-12-33)48-44(51)37-15-6-31(21-39(37)45(48)52)30-5-14-36-38(20-30)43(50)47(2)42(36)49/h3-16,20-22,27-29H,17-19,23-25H2,1-2H3. The van der Waals surface area contributed by atoms with Crippen molar-refractivity contribution < 1.29 is 28.7 Å². The SMILES string of the molecule is Cc1ccc(Oc2ccc(Oc3ccc(N4C(=O)c5ccc(-c6ccc7c(c6)C(=O)N(C)C7=O)cc5C4=O)cc3)cc2C23CC4CC(CC(C4)C2)C3)cc1. The number of carbonyl (C=O) groups is 4. The first-order valence-corrected chi connectivity index (χ1v) is 18.8. The van der Waals surface area contributed by atoms with E-state index in [0.717, 1.165) is 39.9 Å². The van der Waals surface area contributed by atoms with Gasteiger partial charge in [0.1, 0.15) is 23.0 Å². The molecular weight excluding hydrogens is 677 g/mol. The lowest BCUT2D eigenvalue weighted by atomic mass is 9.48. The summed E-state index contributed by atoms with van der Waals surface area (Å²) in [6.45, 7) is 2.07. The predicted molar refractivity (Wildman–Crippen MR) is 204 cm³/mol. The van der Waals surface area contributed by atoms with Crippen LogP contribution in [-0.2, 0) is 5.41 Å². The topological polar surface area (TPSA) is 93.2 Å². The van der Waals surface area contributed by atoms with E-state index in [-0.39, 0.29) is 22.8 Å². The number of rotatable bonds is 7. The van der Waals surface area contributed by atoms with Crippen LogP contribution in [0.2, 0.25) is 0 Å². The van der Waals surface area contributed by atoms with Crippen LogP contribution in [-0.4, -0.2) is 35.6 Å². The Labute approximate surface area is 313 Å². The maximum absolute atomic E-state index is 13.7. The van der Waals surface area contributed by atoms with E-state index in [1.54, 1.807) is 60.7 Å². The second-order valence-corrected chi connectivity index (χ2v) is 16.0. The highest BCUT2D eigenvalue weighted by Gasteiger charge is 2.52. The van der Waals surface area contributed by atoms with E-state index in [9.17, 15) is 19.2 Å². The first kappa shape index (κ1) is 32.6. The zero-order valence-corrected chi connectivity index (χ0v) is 30.1. The molecule has 8 heteroatoms. The van der Waals surface area contributed by atoms with Crippen molar-refractivity contribution in [2.75, 3.05) is 11.9 Å². The zero-order valence-electron chi connectivity index (χ0n) is 30.1. The fraction of sp³-hybridized carbons (Fsp3) is 0.261. The number of fused-ring (bicyclic) bond motifs is 2. The second kappa shape index (κ2) is 12.0. The molecule has 4 bridgehead atoms. The number of ether oxygens (including phenoxy) is 2. The average Bonchev–Trinajstić information content (AvgIpc) is 3.55. The molecule has 4 aliphatic carbocycles. The molecule has 0 spiro atoms. The summed E-state index contributed by atoms with van der Waals surface area (Å²) < 4.78 is 13.0. The highest BCUT2D eigenvalue weighted by atomic mass is 16.5. The third-order valence-corrected chi connectivity index (χ3v) is 12.4. The van der Waals surface area contributed by atoms with Crippen LogP contribution in [0.1, 0.15) is 91.1 Å². The van der Waals surface area contributed by atoms with Gasteiger partial charge in [0, 0.05) is 12.6 Å². The van der Waals surface area contributed by atoms with Crippen LogP contribution in [0.4, 0.5) is 5.69 Å². The summed E-state index contributed by atoms with van der Waals surface area (Å²) in [5.41, 5.74) is 5.54. The number of nitrogens with zero attached hydrogens (tertiary/aromatic N) is 2. The molecule has 0 unspecified atom stereocenters. The van der Waals surface area contributed by atoms with Crippen molar-refractivity contribution in [2.24, 2.45) is 17.8 Å². The number of imide groups is 2. The van der Waals surface area contributed by atoms with Gasteiger partial charge in [-0.3, -0.25) is 24.1 Å². The Balaban J connectivity index is 0.907. The highest BCUT2D eigenvalue weighted by Crippen LogP contribution is 2.62. The van der Waals surface area contributed by atoms with E-state index < -0.39 is 11.8 Å². The lowest BCUT2D eigenvalue weighted by molar-refractivity contribution is -0.00605. The summed E-state index contributed by atoms with van der Waals surface area (Å²) in [5, 5.41) is 0. The summed E-state index contributed by atoms with van der Waals surface area (Å²) in [5.74, 6) is 3.81. The fourth-order valence-corrected chi connectivity index (χ4v) is 10.2. The monoisotopic (exact) mass is 714 g/mol. The van der Waals surface area contributed by atoms with Gasteiger partial charge < -0.3 is 9.47 Å². The lowest BCUT2D eigenvalue weighted by Gasteiger charge is -2.57. The van der Waals surface area contributed by atoms with E-state index in [1.807, 2.05) is 24.3 Å². The molecule has 0 aromatic heterocycles. The summed E-state index contributed by atoms with van der Waals surface area (Å²) in [6, 6.07) is 31.5. The first-order chi connectivity index (χ1) is 26.1. The van der Waals surface area contributed by atoms with Crippen LogP contribution in [0.5, 0.6) is 23.0 Å². The molecule has 8 nitrogen and oxygen atoms in total. The molecule has 0 N–H and O–H groups in total. The van der Waals surface area contributed by atoms with E-state index in [1.165, 1.54) is 61.6 Å². The predicted octanol–water partition coefficient (Wildman–Crippen LogP) is 9.74. The molecule has 6 aliphatic rings. The summed E-state index contributed by atoms with van der Waals surface area (Å²) in [4.78, 5) is 54.5. The molecule has 4 fully saturated rings. The minimum Gasteiger partial charge on any atom is -0.457 e. The second-order valence-electron chi connectivity index (χ2n) is 16.0. The van der Waals surface area contributed by atoms with Gasteiger partial charge in [0.15, 0.2) is 0 Å². The van der Waals surface area contributed by atoms with Crippen molar-refractivity contribution in [3.63, 3.8) is 0 Å². The average molecular weight is 715 g/mol. The lowest BCUT2D eigenvalue weighted by Crippen LogP contribution is -2.48. The van der Waals surface area contributed by atoms with Crippen LogP contribution in [0.25, 0.3) is 11.1 Å². The van der Waals surface area contributed by atoms with Crippen LogP contribution >= 0.6 is 0 Å². The van der Waals surface area contributed by atoms with Crippen molar-refractivity contribution in [3.05, 3.63) is 137 Å². The molecule has 0 saturated heterocycles. The van der Waals surface area contributed by atoms with Gasteiger partial charge in [-0.15, -0.1) is 0 Å². The molecule has 0 radical (unpaired) electrons. The van der Waals surface area contributed by atoms with Gasteiger partial charge in [0.2, 0.25) is 0 Å². The maximum Gasteiger partial charge on any atom is 0.266 e. The van der Waals surface area contributed by atoms with Crippen molar-refractivity contribution >= 4 is 29.3 Å². The van der Waals surface area contributed by atoms with Crippen LogP contribution < -0.4 is 14.4 Å². The Hall–Kier alpha value is -6.02. The Morgan fingerprint density at radius 1 is 0.537 bits per heavy atom. The van der Waals surface area contributed by atoms with Gasteiger partial charge in [-0.05, 0) is 159 Å². The molecule has 5 aromatic carbocycles. The normalized spacial score (nSPS) is 23.6. The van der Waals surface area contributed by atoms with Crippen LogP contribution in [0.3, 0.4) is 0 Å². The summed E-state index contributed by atoms with van der Waals surface area (Å²) >= 11 is 0. The molecule has 11 rings (SSSR count). The van der Waals surface area contributed by atoms with Crippen LogP contribution in [0, 0.1) is 24.7 Å². The van der Waals surface area contributed by atoms with Gasteiger partial charge in [-0.25, -0.2) is 4.90 Å². The van der Waals surface area contributed by atoms with E-state index in [4.69, 9.17) is 9.47 Å². The van der Waals surface area contributed by atoms with Crippen molar-refractivity contribution in [2.45, 2.75) is 50.9 Å². The maximum atomic E-state index is 13.7. The summed E-state index contributed by atoms with van der Waals surface area (Å²) in [6.07, 6.45) is 7.62. The number of anilines is 1. The fourth-order valence-electron chi connectivity index (χ4n) is 10.2. The molecule has 2 heterocycles. The number of hydrogen-bond acceptors (Lipinski definition) is 6. The number of aryl methyl sites for hydroxylation is 1. The van der Waals surface area contributed by atoms with Crippen LogP contribution in [0.15, 0.2) is 103 Å². The summed E-state index contributed by atoms with van der Waals surface area (Å²) in [7, 11) is 1.46. The number of amides is 4. The molecule has 0 atom stereocenters. The minimum absolute atomic E-state index is 0.0804. The van der Waals surface area contributed by atoms with E-state index >= 15 is 0 Å². The Kier molecular flexibility index (Phi) is 7.25.